The summed E-state index contributed by atoms with van der Waals surface area (Å²) in [5.74, 6) is 1.29. The summed E-state index contributed by atoms with van der Waals surface area (Å²) in [6.45, 7) is 14.3. The Labute approximate surface area is 127 Å². The smallest absolute Gasteiger partial charge is 0.0579 e. The third-order valence-electron chi connectivity index (χ3n) is 4.41. The highest BCUT2D eigenvalue weighted by molar-refractivity contribution is 8.03. The number of hydrogen-bond acceptors (Lipinski definition) is 1. The molecule has 3 heteroatoms. The minimum Gasteiger partial charge on any atom is -0.368 e. The molecule has 1 nitrogen and oxygen atoms in total. The monoisotopic (exact) mass is 306 g/mol. The van der Waals surface area contributed by atoms with Gasteiger partial charge in [0.2, 0.25) is 0 Å². The van der Waals surface area contributed by atoms with Crippen LogP contribution >= 0.6 is 6.92 Å². The molecule has 0 saturated heterocycles. The summed E-state index contributed by atoms with van der Waals surface area (Å²) in [5.41, 5.74) is 0.389. The van der Waals surface area contributed by atoms with Crippen LogP contribution in [0.25, 0.3) is 0 Å². The van der Waals surface area contributed by atoms with Gasteiger partial charge in [0.15, 0.2) is 0 Å². The van der Waals surface area contributed by atoms with E-state index in [-0.39, 0.29) is 5.16 Å². The van der Waals surface area contributed by atoms with Gasteiger partial charge in [0, 0.05) is 5.16 Å². The standard InChI is InChI=1S/C16H35OPS/c1-8-10-14(16(7,9-2)18(17)19)11-13(3)12-15(4,5)6/h13-14,18H,8-12H2,1-7H3,(H,17,19). The van der Waals surface area contributed by atoms with Gasteiger partial charge in [-0.15, -0.1) is 0 Å². The van der Waals surface area contributed by atoms with Crippen LogP contribution in [0.2, 0.25) is 0 Å². The van der Waals surface area contributed by atoms with Gasteiger partial charge in [0.1, 0.15) is 0 Å². The first-order valence-corrected chi connectivity index (χ1v) is 10.4. The second-order valence-electron chi connectivity index (χ2n) is 7.67. The van der Waals surface area contributed by atoms with Gasteiger partial charge in [-0.2, -0.15) is 0 Å². The highest BCUT2D eigenvalue weighted by Gasteiger charge is 2.35. The van der Waals surface area contributed by atoms with Crippen molar-refractivity contribution in [2.75, 3.05) is 0 Å². The molecule has 0 aromatic rings. The zero-order valence-corrected chi connectivity index (χ0v) is 15.9. The van der Waals surface area contributed by atoms with E-state index in [0.717, 1.165) is 6.42 Å². The zero-order valence-electron chi connectivity index (χ0n) is 14.0. The largest absolute Gasteiger partial charge is 0.368 e. The molecule has 0 bridgehead atoms. The Morgan fingerprint density at radius 2 is 1.68 bits per heavy atom. The van der Waals surface area contributed by atoms with E-state index in [2.05, 4.69) is 48.5 Å². The summed E-state index contributed by atoms with van der Waals surface area (Å²) < 4.78 is 0. The van der Waals surface area contributed by atoms with Crippen LogP contribution in [0, 0.1) is 17.3 Å². The third kappa shape index (κ3) is 6.74. The molecule has 116 valence electrons. The quantitative estimate of drug-likeness (QED) is 0.587. The molecule has 0 rings (SSSR count). The van der Waals surface area contributed by atoms with Crippen molar-refractivity contribution in [1.29, 1.82) is 0 Å². The van der Waals surface area contributed by atoms with Gasteiger partial charge >= 0.3 is 0 Å². The topological polar surface area (TPSA) is 20.2 Å². The van der Waals surface area contributed by atoms with Crippen LogP contribution in [-0.4, -0.2) is 10.0 Å². The second-order valence-corrected chi connectivity index (χ2v) is 10.6. The van der Waals surface area contributed by atoms with E-state index in [1.807, 2.05) is 0 Å². The van der Waals surface area contributed by atoms with Crippen LogP contribution in [0.15, 0.2) is 0 Å². The molecule has 0 aromatic heterocycles. The summed E-state index contributed by atoms with van der Waals surface area (Å²) in [7, 11) is 0. The van der Waals surface area contributed by atoms with Crippen molar-refractivity contribution in [3.63, 3.8) is 0 Å². The molecule has 4 unspecified atom stereocenters. The van der Waals surface area contributed by atoms with E-state index in [9.17, 15) is 4.89 Å². The zero-order chi connectivity index (χ0) is 15.3. The summed E-state index contributed by atoms with van der Waals surface area (Å²) in [5, 5.41) is -0.0118. The van der Waals surface area contributed by atoms with Gasteiger partial charge in [-0.05, 0) is 42.9 Å². The molecule has 0 saturated carbocycles. The minimum absolute atomic E-state index is 0.0118. The first kappa shape index (κ1) is 19.6. The van der Waals surface area contributed by atoms with Gasteiger partial charge in [-0.1, -0.05) is 66.7 Å². The first-order chi connectivity index (χ1) is 8.56. The maximum Gasteiger partial charge on any atom is 0.0579 e. The average Bonchev–Trinajstić information content (AvgIpc) is 2.24. The Kier molecular flexibility index (Phi) is 8.41. The molecular formula is C16H35OPS. The van der Waals surface area contributed by atoms with Crippen molar-refractivity contribution in [1.82, 2.24) is 0 Å². The molecule has 0 radical (unpaired) electrons. The highest BCUT2D eigenvalue weighted by Crippen LogP contribution is 2.48. The van der Waals surface area contributed by atoms with Gasteiger partial charge in [0.05, 0.1) is 6.92 Å². The Balaban J connectivity index is 4.87. The molecule has 0 aromatic carbocycles. The molecule has 4 atom stereocenters. The number of rotatable bonds is 8. The lowest BCUT2D eigenvalue weighted by Crippen LogP contribution is -2.32. The first-order valence-electron chi connectivity index (χ1n) is 7.80. The molecule has 0 aliphatic rings. The summed E-state index contributed by atoms with van der Waals surface area (Å²) >= 11 is 5.32. The van der Waals surface area contributed by atoms with Crippen molar-refractivity contribution in [2.24, 2.45) is 17.3 Å². The van der Waals surface area contributed by atoms with E-state index in [1.54, 1.807) is 0 Å². The fourth-order valence-corrected chi connectivity index (χ4v) is 5.12. The molecule has 0 aliphatic heterocycles. The fraction of sp³-hybridized carbons (Fsp3) is 1.00. The van der Waals surface area contributed by atoms with E-state index >= 15 is 0 Å². The normalized spacial score (nSPS) is 20.6. The van der Waals surface area contributed by atoms with Crippen LogP contribution in [0.3, 0.4) is 0 Å². The van der Waals surface area contributed by atoms with Crippen LogP contribution < -0.4 is 0 Å². The van der Waals surface area contributed by atoms with Gasteiger partial charge in [-0.3, -0.25) is 0 Å². The van der Waals surface area contributed by atoms with Gasteiger partial charge in [0.25, 0.3) is 0 Å². The lowest BCUT2D eigenvalue weighted by atomic mass is 9.76. The van der Waals surface area contributed by atoms with Gasteiger partial charge < -0.3 is 4.89 Å². The molecule has 19 heavy (non-hydrogen) atoms. The van der Waals surface area contributed by atoms with Crippen LogP contribution in [0.1, 0.15) is 80.6 Å². The lowest BCUT2D eigenvalue weighted by molar-refractivity contribution is 0.230. The summed E-state index contributed by atoms with van der Waals surface area (Å²) in [4.78, 5) is 10.1. The van der Waals surface area contributed by atoms with Crippen molar-refractivity contribution in [3.05, 3.63) is 0 Å². The molecule has 0 heterocycles. The van der Waals surface area contributed by atoms with E-state index < -0.39 is 6.92 Å². The molecule has 0 amide bonds. The van der Waals surface area contributed by atoms with E-state index in [1.165, 1.54) is 25.7 Å². The SMILES string of the molecule is CCCC(CC(C)CC(C)(C)C)C(C)(CC)[PH](O)=S. The number of hydrogen-bond donors (Lipinski definition) is 1. The maximum absolute atomic E-state index is 10.1. The molecular weight excluding hydrogens is 271 g/mol. The van der Waals surface area contributed by atoms with E-state index in [0.29, 0.717) is 17.3 Å². The Morgan fingerprint density at radius 3 is 2.00 bits per heavy atom. The Morgan fingerprint density at radius 1 is 1.16 bits per heavy atom. The summed E-state index contributed by atoms with van der Waals surface area (Å²) in [6, 6.07) is 0. The summed E-state index contributed by atoms with van der Waals surface area (Å²) in [6.07, 6.45) is 5.85. The Bertz CT molecular complexity index is 285. The maximum atomic E-state index is 10.1. The van der Waals surface area contributed by atoms with E-state index in [4.69, 9.17) is 11.8 Å². The van der Waals surface area contributed by atoms with Crippen molar-refractivity contribution < 1.29 is 4.89 Å². The minimum atomic E-state index is -1.65. The average molecular weight is 306 g/mol. The van der Waals surface area contributed by atoms with Crippen molar-refractivity contribution in [3.8, 4) is 0 Å². The third-order valence-corrected chi connectivity index (χ3v) is 7.55. The lowest BCUT2D eigenvalue weighted by Gasteiger charge is -2.39. The van der Waals surface area contributed by atoms with Crippen molar-refractivity contribution in [2.45, 2.75) is 85.7 Å². The van der Waals surface area contributed by atoms with Gasteiger partial charge in [-0.25, -0.2) is 0 Å². The predicted octanol–water partition coefficient (Wildman–Crippen LogP) is 5.62. The van der Waals surface area contributed by atoms with Crippen LogP contribution in [0.5, 0.6) is 0 Å². The van der Waals surface area contributed by atoms with Crippen LogP contribution in [-0.2, 0) is 11.8 Å². The molecule has 0 spiro atoms. The molecule has 0 aliphatic carbocycles. The Hall–Kier alpha value is 0.610. The fourth-order valence-electron chi connectivity index (χ4n) is 3.27. The molecule has 0 fully saturated rings. The van der Waals surface area contributed by atoms with Crippen molar-refractivity contribution >= 4 is 18.7 Å². The van der Waals surface area contributed by atoms with Crippen LogP contribution in [0.4, 0.5) is 0 Å². The molecule has 1 N–H and O–H groups in total. The second kappa shape index (κ2) is 8.15. The highest BCUT2D eigenvalue weighted by atomic mass is 32.4. The predicted molar refractivity (Wildman–Crippen MR) is 92.8 cm³/mol.